The van der Waals surface area contributed by atoms with Gasteiger partial charge < -0.3 is 5.32 Å². The third kappa shape index (κ3) is 2.60. The molecule has 0 aromatic heterocycles. The van der Waals surface area contributed by atoms with E-state index in [0.29, 0.717) is 10.6 Å². The molecular weight excluding hydrogens is 338 g/mol. The fourth-order valence-electron chi connectivity index (χ4n) is 2.53. The molecule has 0 fully saturated rings. The molecule has 0 saturated carbocycles. The monoisotopic (exact) mass is 349 g/mol. The van der Waals surface area contributed by atoms with E-state index in [4.69, 9.17) is 11.6 Å². The highest BCUT2D eigenvalue weighted by molar-refractivity contribution is 9.10. The Bertz CT molecular complexity index is 684. The van der Waals surface area contributed by atoms with Gasteiger partial charge in [-0.15, -0.1) is 0 Å². The minimum Gasteiger partial charge on any atom is -0.322 e. The van der Waals surface area contributed by atoms with Crippen LogP contribution in [0.3, 0.4) is 0 Å². The van der Waals surface area contributed by atoms with Crippen LogP contribution >= 0.6 is 27.5 Å². The molecule has 1 aliphatic rings. The largest absolute Gasteiger partial charge is 0.322 e. The fraction of sp³-hybridized carbons (Fsp3) is 0.188. The first-order valence-electron chi connectivity index (χ1n) is 6.52. The Kier molecular flexibility index (Phi) is 3.81. The van der Waals surface area contributed by atoms with Gasteiger partial charge in [-0.25, -0.2) is 0 Å². The standard InChI is InChI=1S/C16H13BrClNO/c17-14-6-2-5-13(15(14)18)16(20)19-12-8-7-10-3-1-4-11(10)9-12/h2,5-9H,1,3-4H2,(H,19,20). The Hall–Kier alpha value is -1.32. The first-order valence-corrected chi connectivity index (χ1v) is 7.69. The summed E-state index contributed by atoms with van der Waals surface area (Å²) in [6.07, 6.45) is 3.43. The zero-order valence-corrected chi connectivity index (χ0v) is 13.1. The zero-order chi connectivity index (χ0) is 14.1. The molecule has 3 rings (SSSR count). The average molecular weight is 351 g/mol. The summed E-state index contributed by atoms with van der Waals surface area (Å²) in [5.41, 5.74) is 4.03. The van der Waals surface area contributed by atoms with Crippen LogP contribution < -0.4 is 5.32 Å². The van der Waals surface area contributed by atoms with Crippen LogP contribution in [0.15, 0.2) is 40.9 Å². The maximum absolute atomic E-state index is 12.3. The van der Waals surface area contributed by atoms with Gasteiger partial charge in [-0.1, -0.05) is 23.7 Å². The number of hydrogen-bond donors (Lipinski definition) is 1. The number of carbonyl (C=O) groups is 1. The third-order valence-corrected chi connectivity index (χ3v) is 4.85. The van der Waals surface area contributed by atoms with E-state index in [1.165, 1.54) is 17.5 Å². The van der Waals surface area contributed by atoms with Crippen LogP contribution in [0.4, 0.5) is 5.69 Å². The highest BCUT2D eigenvalue weighted by atomic mass is 79.9. The van der Waals surface area contributed by atoms with E-state index in [1.807, 2.05) is 12.1 Å². The minimum atomic E-state index is -0.186. The van der Waals surface area contributed by atoms with Crippen molar-refractivity contribution in [3.63, 3.8) is 0 Å². The lowest BCUT2D eigenvalue weighted by Crippen LogP contribution is -2.12. The lowest BCUT2D eigenvalue weighted by Gasteiger charge is -2.09. The Labute approximate surface area is 131 Å². The molecule has 0 atom stereocenters. The smallest absolute Gasteiger partial charge is 0.257 e. The van der Waals surface area contributed by atoms with Crippen molar-refractivity contribution >= 4 is 39.1 Å². The summed E-state index contributed by atoms with van der Waals surface area (Å²) in [6, 6.07) is 11.4. The predicted octanol–water partition coefficient (Wildman–Crippen LogP) is 4.84. The van der Waals surface area contributed by atoms with Gasteiger partial charge in [0.25, 0.3) is 5.91 Å². The average Bonchev–Trinajstić information content (AvgIpc) is 2.89. The van der Waals surface area contributed by atoms with Crippen molar-refractivity contribution in [2.75, 3.05) is 5.32 Å². The van der Waals surface area contributed by atoms with Crippen LogP contribution in [-0.4, -0.2) is 5.91 Å². The number of carbonyl (C=O) groups excluding carboxylic acids is 1. The van der Waals surface area contributed by atoms with E-state index in [2.05, 4.69) is 33.4 Å². The fourth-order valence-corrected chi connectivity index (χ4v) is 3.11. The number of amides is 1. The molecular formula is C16H13BrClNO. The van der Waals surface area contributed by atoms with Gasteiger partial charge in [-0.2, -0.15) is 0 Å². The molecule has 2 aromatic rings. The van der Waals surface area contributed by atoms with E-state index < -0.39 is 0 Å². The summed E-state index contributed by atoms with van der Waals surface area (Å²) in [5.74, 6) is -0.186. The summed E-state index contributed by atoms with van der Waals surface area (Å²) in [6.45, 7) is 0. The first kappa shape index (κ1) is 13.7. The molecule has 0 saturated heterocycles. The van der Waals surface area contributed by atoms with Crippen molar-refractivity contribution in [2.45, 2.75) is 19.3 Å². The van der Waals surface area contributed by atoms with E-state index in [-0.39, 0.29) is 5.91 Å². The van der Waals surface area contributed by atoms with Crippen LogP contribution in [0.2, 0.25) is 5.02 Å². The molecule has 20 heavy (non-hydrogen) atoms. The molecule has 2 aromatic carbocycles. The van der Waals surface area contributed by atoms with Crippen molar-refractivity contribution in [2.24, 2.45) is 0 Å². The van der Waals surface area contributed by atoms with Gasteiger partial charge in [0.1, 0.15) is 0 Å². The van der Waals surface area contributed by atoms with E-state index in [1.54, 1.807) is 12.1 Å². The van der Waals surface area contributed by atoms with Gasteiger partial charge in [-0.3, -0.25) is 4.79 Å². The second-order valence-corrected chi connectivity index (χ2v) is 6.12. The molecule has 0 radical (unpaired) electrons. The van der Waals surface area contributed by atoms with Crippen molar-refractivity contribution in [3.05, 3.63) is 62.6 Å². The normalized spacial score (nSPS) is 13.1. The summed E-state index contributed by atoms with van der Waals surface area (Å²) < 4.78 is 0.723. The van der Waals surface area contributed by atoms with E-state index in [0.717, 1.165) is 23.0 Å². The Morgan fingerprint density at radius 3 is 2.80 bits per heavy atom. The highest BCUT2D eigenvalue weighted by Crippen LogP contribution is 2.28. The van der Waals surface area contributed by atoms with Crippen LogP contribution in [-0.2, 0) is 12.8 Å². The van der Waals surface area contributed by atoms with Crippen LogP contribution in [0.25, 0.3) is 0 Å². The number of anilines is 1. The topological polar surface area (TPSA) is 29.1 Å². The molecule has 2 nitrogen and oxygen atoms in total. The van der Waals surface area contributed by atoms with Crippen molar-refractivity contribution in [1.82, 2.24) is 0 Å². The molecule has 4 heteroatoms. The maximum atomic E-state index is 12.3. The van der Waals surface area contributed by atoms with E-state index in [9.17, 15) is 4.79 Å². The molecule has 0 bridgehead atoms. The second-order valence-electron chi connectivity index (χ2n) is 4.89. The molecule has 1 aliphatic carbocycles. The number of nitrogens with one attached hydrogen (secondary N) is 1. The molecule has 0 heterocycles. The minimum absolute atomic E-state index is 0.186. The molecule has 102 valence electrons. The van der Waals surface area contributed by atoms with E-state index >= 15 is 0 Å². The van der Waals surface area contributed by atoms with Gasteiger partial charge in [0.05, 0.1) is 10.6 Å². The third-order valence-electron chi connectivity index (χ3n) is 3.55. The number of fused-ring (bicyclic) bond motifs is 1. The zero-order valence-electron chi connectivity index (χ0n) is 10.7. The number of halogens is 2. The molecule has 0 spiro atoms. The number of rotatable bonds is 2. The van der Waals surface area contributed by atoms with Gasteiger partial charge in [-0.05, 0) is 70.6 Å². The van der Waals surface area contributed by atoms with Crippen molar-refractivity contribution in [3.8, 4) is 0 Å². The molecule has 1 amide bonds. The highest BCUT2D eigenvalue weighted by Gasteiger charge is 2.15. The van der Waals surface area contributed by atoms with Crippen LogP contribution in [0, 0.1) is 0 Å². The summed E-state index contributed by atoms with van der Waals surface area (Å²) >= 11 is 9.47. The molecule has 1 N–H and O–H groups in total. The Balaban J connectivity index is 1.84. The van der Waals surface area contributed by atoms with Gasteiger partial charge in [0, 0.05) is 10.2 Å². The number of aryl methyl sites for hydroxylation is 2. The van der Waals surface area contributed by atoms with Gasteiger partial charge in [0.15, 0.2) is 0 Å². The second kappa shape index (κ2) is 5.58. The SMILES string of the molecule is O=C(Nc1ccc2c(c1)CCC2)c1cccc(Br)c1Cl. The lowest BCUT2D eigenvalue weighted by atomic mass is 10.1. The van der Waals surface area contributed by atoms with Crippen LogP contribution in [0.5, 0.6) is 0 Å². The quantitative estimate of drug-likeness (QED) is 0.824. The summed E-state index contributed by atoms with van der Waals surface area (Å²) in [5, 5.41) is 3.35. The van der Waals surface area contributed by atoms with Gasteiger partial charge >= 0.3 is 0 Å². The number of benzene rings is 2. The lowest BCUT2D eigenvalue weighted by molar-refractivity contribution is 0.102. The summed E-state index contributed by atoms with van der Waals surface area (Å²) in [7, 11) is 0. The molecule has 0 aliphatic heterocycles. The summed E-state index contributed by atoms with van der Waals surface area (Å²) in [4.78, 5) is 12.3. The van der Waals surface area contributed by atoms with Gasteiger partial charge in [0.2, 0.25) is 0 Å². The van der Waals surface area contributed by atoms with Crippen molar-refractivity contribution < 1.29 is 4.79 Å². The maximum Gasteiger partial charge on any atom is 0.257 e. The van der Waals surface area contributed by atoms with Crippen molar-refractivity contribution in [1.29, 1.82) is 0 Å². The Morgan fingerprint density at radius 1 is 1.15 bits per heavy atom. The number of hydrogen-bond acceptors (Lipinski definition) is 1. The Morgan fingerprint density at radius 2 is 1.95 bits per heavy atom. The molecule has 0 unspecified atom stereocenters. The predicted molar refractivity (Wildman–Crippen MR) is 85.6 cm³/mol. The first-order chi connectivity index (χ1) is 9.65. The van der Waals surface area contributed by atoms with Crippen LogP contribution in [0.1, 0.15) is 27.9 Å².